The molecule has 3 rings (SSSR count). The minimum atomic E-state index is -2.32. The van der Waals surface area contributed by atoms with Gasteiger partial charge in [0.2, 0.25) is 12.6 Å². The fraction of sp³-hybridized carbons (Fsp3) is 0.889. The topological polar surface area (TPSA) is 449 Å². The second-order valence-corrected chi connectivity index (χ2v) is 15.2. The highest BCUT2D eigenvalue weighted by Gasteiger charge is 2.50. The molecule has 62 heavy (non-hydrogen) atoms. The third-order valence-corrected chi connectivity index (χ3v) is 10.4. The van der Waals surface area contributed by atoms with E-state index in [1.54, 1.807) is 0 Å². The molecule has 20 atom stereocenters. The van der Waals surface area contributed by atoms with E-state index in [-0.39, 0.29) is 19.3 Å². The molecule has 0 radical (unpaired) electrons. The van der Waals surface area contributed by atoms with Gasteiger partial charge in [-0.1, -0.05) is 0 Å². The fourth-order valence-electron chi connectivity index (χ4n) is 6.96. The van der Waals surface area contributed by atoms with E-state index < -0.39 is 193 Å². The number of ether oxygens (including phenoxy) is 7. The lowest BCUT2D eigenvalue weighted by molar-refractivity contribution is -0.314. The Kier molecular flexibility index (Phi) is 22.6. The largest absolute Gasteiger partial charge is 0.464 e. The predicted octanol–water partition coefficient (Wildman–Crippen LogP) is -9.36. The van der Waals surface area contributed by atoms with E-state index in [2.05, 4.69) is 0 Å². The molecule has 0 aromatic carbocycles. The van der Waals surface area contributed by atoms with Crippen molar-refractivity contribution < 1.29 is 130 Å². The molecule has 0 saturated carbocycles. The smallest absolute Gasteiger partial charge is 0.228 e. The molecule has 0 spiro atoms. The Morgan fingerprint density at radius 1 is 0.581 bits per heavy atom. The molecule has 0 aromatic heterocycles. The monoisotopic (exact) mass is 912 g/mol. The summed E-state index contributed by atoms with van der Waals surface area (Å²) < 4.78 is 38.4. The van der Waals surface area contributed by atoms with Gasteiger partial charge in [0.15, 0.2) is 18.9 Å². The third kappa shape index (κ3) is 14.8. The van der Waals surface area contributed by atoms with Crippen molar-refractivity contribution in [3.8, 4) is 0 Å². The molecule has 3 aliphatic rings. The molecule has 9 unspecified atom stereocenters. The maximum Gasteiger partial charge on any atom is 0.228 e. The van der Waals surface area contributed by atoms with Crippen LogP contribution in [0.15, 0.2) is 23.7 Å². The molecule has 26 heteroatoms. The summed E-state index contributed by atoms with van der Waals surface area (Å²) >= 11 is 0. The van der Waals surface area contributed by atoms with Crippen LogP contribution in [0, 0.1) is 0 Å². The molecule has 26 nitrogen and oxygen atoms in total. The van der Waals surface area contributed by atoms with Crippen molar-refractivity contribution >= 4 is 0 Å². The number of hydrogen-bond donors (Lipinski definition) is 19. The molecule has 0 aliphatic carbocycles. The SMILES string of the molecule is OCCC1O[C@H](O/C(=C\[C@H](O)OC2C(O)[C@@H](O)OC(CCO)[C@H]2O)[C@H](O)C[C@H](O)CO)C(O)C(O[C@@H](O)/C=C(\O[C@H]2OC(CO)(CCO)CC(O)C2O)[C@H](O)C[C@H](O)CO)[C@@H]1O. The summed E-state index contributed by atoms with van der Waals surface area (Å²) in [5, 5.41) is 196. The van der Waals surface area contributed by atoms with Crippen LogP contribution in [0.5, 0.6) is 0 Å². The van der Waals surface area contributed by atoms with Gasteiger partial charge in [0.1, 0.15) is 72.1 Å². The Labute approximate surface area is 354 Å². The minimum Gasteiger partial charge on any atom is -0.464 e. The van der Waals surface area contributed by atoms with Crippen LogP contribution in [0.1, 0.15) is 38.5 Å². The molecule has 0 bridgehead atoms. The van der Waals surface area contributed by atoms with Crippen molar-refractivity contribution in [3.63, 3.8) is 0 Å². The normalized spacial score (nSPS) is 37.9. The van der Waals surface area contributed by atoms with Crippen LogP contribution in [0.25, 0.3) is 0 Å². The first-order valence-corrected chi connectivity index (χ1v) is 19.8. The molecule has 3 saturated heterocycles. The minimum absolute atomic E-state index is 0.227. The van der Waals surface area contributed by atoms with Gasteiger partial charge >= 0.3 is 0 Å². The Bertz CT molecular complexity index is 1350. The second-order valence-electron chi connectivity index (χ2n) is 15.2. The summed E-state index contributed by atoms with van der Waals surface area (Å²) in [5.41, 5.74) is -1.65. The zero-order valence-corrected chi connectivity index (χ0v) is 33.5. The second kappa shape index (κ2) is 25.7. The molecule has 0 aromatic rings. The Balaban J connectivity index is 1.95. The highest BCUT2D eigenvalue weighted by molar-refractivity contribution is 5.07. The Morgan fingerprint density at radius 3 is 1.50 bits per heavy atom. The third-order valence-electron chi connectivity index (χ3n) is 10.4. The quantitative estimate of drug-likeness (QED) is 0.0299. The summed E-state index contributed by atoms with van der Waals surface area (Å²) in [6, 6.07) is 0. The predicted molar refractivity (Wildman–Crippen MR) is 198 cm³/mol. The Morgan fingerprint density at radius 2 is 1.05 bits per heavy atom. The lowest BCUT2D eigenvalue weighted by Crippen LogP contribution is -2.60. The van der Waals surface area contributed by atoms with Gasteiger partial charge in [0.05, 0.1) is 50.3 Å². The average Bonchev–Trinajstić information content (AvgIpc) is 3.22. The van der Waals surface area contributed by atoms with Crippen molar-refractivity contribution in [3.05, 3.63) is 23.7 Å². The van der Waals surface area contributed by atoms with E-state index in [9.17, 15) is 97.0 Å². The van der Waals surface area contributed by atoms with E-state index >= 15 is 0 Å². The van der Waals surface area contributed by atoms with Crippen LogP contribution >= 0.6 is 0 Å². The molecule has 3 heterocycles. The van der Waals surface area contributed by atoms with Crippen LogP contribution in [0.2, 0.25) is 0 Å². The summed E-state index contributed by atoms with van der Waals surface area (Å²) in [4.78, 5) is 0. The summed E-state index contributed by atoms with van der Waals surface area (Å²) in [6.07, 6.45) is -36.8. The van der Waals surface area contributed by atoms with Crippen LogP contribution in [0.3, 0.4) is 0 Å². The fourth-order valence-corrected chi connectivity index (χ4v) is 6.96. The number of hydrogen-bond acceptors (Lipinski definition) is 26. The number of rotatable bonds is 25. The lowest BCUT2D eigenvalue weighted by atomic mass is 9.88. The van der Waals surface area contributed by atoms with Crippen LogP contribution < -0.4 is 0 Å². The van der Waals surface area contributed by atoms with Crippen molar-refractivity contribution in [1.82, 2.24) is 0 Å². The van der Waals surface area contributed by atoms with Gasteiger partial charge in [0, 0.05) is 57.7 Å². The number of aliphatic hydroxyl groups excluding tert-OH is 19. The van der Waals surface area contributed by atoms with Gasteiger partial charge < -0.3 is 130 Å². The van der Waals surface area contributed by atoms with Crippen LogP contribution in [-0.2, 0) is 33.2 Å². The van der Waals surface area contributed by atoms with E-state index in [4.69, 9.17) is 33.2 Å². The van der Waals surface area contributed by atoms with Gasteiger partial charge in [-0.15, -0.1) is 0 Å². The molecule has 3 aliphatic heterocycles. The highest BCUT2D eigenvalue weighted by Crippen LogP contribution is 2.35. The first-order valence-electron chi connectivity index (χ1n) is 19.8. The van der Waals surface area contributed by atoms with Crippen LogP contribution in [0.4, 0.5) is 0 Å². The first-order chi connectivity index (χ1) is 29.3. The van der Waals surface area contributed by atoms with Gasteiger partial charge in [0.25, 0.3) is 0 Å². The van der Waals surface area contributed by atoms with Crippen LogP contribution in [-0.4, -0.2) is 259 Å². The van der Waals surface area contributed by atoms with Crippen molar-refractivity contribution in [2.75, 3.05) is 39.6 Å². The Hall–Kier alpha value is -1.88. The van der Waals surface area contributed by atoms with Gasteiger partial charge in [-0.3, -0.25) is 0 Å². The molecular formula is C36H64O26. The first kappa shape index (κ1) is 54.5. The van der Waals surface area contributed by atoms with Crippen molar-refractivity contribution in [2.24, 2.45) is 0 Å². The van der Waals surface area contributed by atoms with Crippen molar-refractivity contribution in [1.29, 1.82) is 0 Å². The standard InChI is InChI=1S/C36H64O26/c37-4-1-20-27(51)31(29(53)33(55)56-20)60-24(48)9-22(17(45)7-15(43)12-40)58-34-30(54)32(28(52)21(57-34)2-5-38)61-25(49)10-23(18(46)8-16(44)13-41)59-35-26(50)19(47)11-36(14-42,62-35)3-6-39/h9-10,15-21,24-35,37-55H,1-8,11-14H2/b22-9-,23-10-/t15-,16-,17+,18+,19?,20?,21?,24+,25+,26?,27+,28+,29?,30?,31?,32?,33-,34+,35-,36?/m0/s1. The average molecular weight is 913 g/mol. The van der Waals surface area contributed by atoms with Crippen molar-refractivity contribution in [2.45, 2.75) is 161 Å². The number of aliphatic hydroxyl groups is 19. The molecule has 0 amide bonds. The highest BCUT2D eigenvalue weighted by atomic mass is 16.7. The van der Waals surface area contributed by atoms with Gasteiger partial charge in [-0.05, 0) is 12.8 Å². The molecule has 19 N–H and O–H groups in total. The summed E-state index contributed by atoms with van der Waals surface area (Å²) in [5.74, 6) is -1.51. The summed E-state index contributed by atoms with van der Waals surface area (Å²) in [6.45, 7) is -4.21. The molecule has 364 valence electrons. The lowest BCUT2D eigenvalue weighted by Gasteiger charge is -2.44. The van der Waals surface area contributed by atoms with Gasteiger partial charge in [-0.25, -0.2) is 0 Å². The summed E-state index contributed by atoms with van der Waals surface area (Å²) in [7, 11) is 0. The maximum atomic E-state index is 11.4. The zero-order valence-electron chi connectivity index (χ0n) is 33.5. The zero-order chi connectivity index (χ0) is 46.5. The van der Waals surface area contributed by atoms with E-state index in [0.29, 0.717) is 12.2 Å². The molecular weight excluding hydrogens is 848 g/mol. The maximum absolute atomic E-state index is 11.4. The van der Waals surface area contributed by atoms with E-state index in [1.807, 2.05) is 0 Å². The molecule has 3 fully saturated rings. The van der Waals surface area contributed by atoms with Gasteiger partial charge in [-0.2, -0.15) is 0 Å². The van der Waals surface area contributed by atoms with E-state index in [1.165, 1.54) is 0 Å². The van der Waals surface area contributed by atoms with E-state index in [0.717, 1.165) is 0 Å².